The van der Waals surface area contributed by atoms with Crippen molar-refractivity contribution < 1.29 is 14.3 Å². The van der Waals surface area contributed by atoms with E-state index < -0.39 is 0 Å². The third-order valence-electron chi connectivity index (χ3n) is 4.05. The van der Waals surface area contributed by atoms with E-state index in [-0.39, 0.29) is 17.4 Å². The third-order valence-corrected chi connectivity index (χ3v) is 4.05. The number of aromatic nitrogens is 2. The van der Waals surface area contributed by atoms with E-state index in [2.05, 4.69) is 20.6 Å². The number of hydrogen-bond acceptors (Lipinski definition) is 6. The maximum Gasteiger partial charge on any atom is 0.274 e. The van der Waals surface area contributed by atoms with Crippen LogP contribution in [0.5, 0.6) is 5.75 Å². The van der Waals surface area contributed by atoms with Gasteiger partial charge in [-0.15, -0.1) is 0 Å². The average Bonchev–Trinajstić information content (AvgIpc) is 2.69. The van der Waals surface area contributed by atoms with Gasteiger partial charge in [-0.25, -0.2) is 9.97 Å². The molecule has 0 aliphatic carbocycles. The number of Topliss-reactive ketones (excluding diaryl/α,β-unsaturated/α-hetero) is 1. The van der Waals surface area contributed by atoms with Crippen LogP contribution in [0.25, 0.3) is 0 Å². The van der Waals surface area contributed by atoms with Crippen LogP contribution in [0.2, 0.25) is 0 Å². The minimum absolute atomic E-state index is 0.0273. The van der Waals surface area contributed by atoms with E-state index in [1.807, 2.05) is 25.1 Å². The van der Waals surface area contributed by atoms with E-state index in [1.54, 1.807) is 43.3 Å². The van der Waals surface area contributed by atoms with E-state index >= 15 is 0 Å². The number of ketones is 1. The molecule has 29 heavy (non-hydrogen) atoms. The van der Waals surface area contributed by atoms with Crippen LogP contribution in [0.15, 0.2) is 54.6 Å². The molecule has 0 unspecified atom stereocenters. The largest absolute Gasteiger partial charge is 0.492 e. The molecule has 0 saturated heterocycles. The van der Waals surface area contributed by atoms with Crippen molar-refractivity contribution in [2.24, 2.45) is 0 Å². The minimum atomic E-state index is -0.372. The lowest BCUT2D eigenvalue weighted by Crippen LogP contribution is -2.16. The van der Waals surface area contributed by atoms with E-state index in [1.165, 1.54) is 6.92 Å². The molecule has 7 heteroatoms. The van der Waals surface area contributed by atoms with Crippen molar-refractivity contribution in [3.8, 4) is 5.75 Å². The van der Waals surface area contributed by atoms with Crippen molar-refractivity contribution in [3.63, 3.8) is 0 Å². The highest BCUT2D eigenvalue weighted by atomic mass is 16.5. The summed E-state index contributed by atoms with van der Waals surface area (Å²) in [6.07, 6.45) is 0. The molecule has 3 aromatic rings. The summed E-state index contributed by atoms with van der Waals surface area (Å²) < 4.78 is 5.54. The maximum atomic E-state index is 12.7. The molecule has 0 spiro atoms. The van der Waals surface area contributed by atoms with Gasteiger partial charge in [-0.1, -0.05) is 24.3 Å². The summed E-state index contributed by atoms with van der Waals surface area (Å²) in [4.78, 5) is 32.9. The second-order valence-corrected chi connectivity index (χ2v) is 6.33. The molecule has 0 fully saturated rings. The molecule has 148 valence electrons. The summed E-state index contributed by atoms with van der Waals surface area (Å²) in [6, 6.07) is 15.9. The molecule has 0 atom stereocenters. The molecule has 0 saturated carbocycles. The normalized spacial score (nSPS) is 10.3. The minimum Gasteiger partial charge on any atom is -0.492 e. The standard InChI is InChI=1S/C22H22N4O3/c1-4-29-20-11-6-5-10-18(20)26-22(28)19-13-21(24-15(3)23-19)25-17-9-7-8-16(12-17)14(2)27/h5-13H,4H2,1-3H3,(H,26,28)(H,23,24,25). The van der Waals surface area contributed by atoms with Gasteiger partial charge in [0.05, 0.1) is 12.3 Å². The van der Waals surface area contributed by atoms with E-state index in [9.17, 15) is 9.59 Å². The quantitative estimate of drug-likeness (QED) is 0.582. The molecule has 3 rings (SSSR count). The van der Waals surface area contributed by atoms with Gasteiger partial charge >= 0.3 is 0 Å². The Kier molecular flexibility index (Phi) is 6.19. The average molecular weight is 390 g/mol. The highest BCUT2D eigenvalue weighted by molar-refractivity contribution is 6.04. The molecule has 1 heterocycles. The topological polar surface area (TPSA) is 93.2 Å². The van der Waals surface area contributed by atoms with E-state index in [0.29, 0.717) is 40.9 Å². The van der Waals surface area contributed by atoms with Crippen LogP contribution in [0.1, 0.15) is 40.5 Å². The smallest absolute Gasteiger partial charge is 0.274 e. The first-order chi connectivity index (χ1) is 14.0. The number of nitrogens with one attached hydrogen (secondary N) is 2. The SMILES string of the molecule is CCOc1ccccc1NC(=O)c1cc(Nc2cccc(C(C)=O)c2)nc(C)n1. The van der Waals surface area contributed by atoms with Gasteiger partial charge in [0.1, 0.15) is 23.1 Å². The Morgan fingerprint density at radius 1 is 1.03 bits per heavy atom. The first-order valence-electron chi connectivity index (χ1n) is 9.23. The lowest BCUT2D eigenvalue weighted by atomic mass is 10.1. The summed E-state index contributed by atoms with van der Waals surface area (Å²) >= 11 is 0. The Balaban J connectivity index is 1.83. The molecule has 0 bridgehead atoms. The first-order valence-corrected chi connectivity index (χ1v) is 9.23. The number of carbonyl (C=O) groups excluding carboxylic acids is 2. The van der Waals surface area contributed by atoms with Gasteiger partial charge in [-0.3, -0.25) is 9.59 Å². The number of amides is 1. The van der Waals surface area contributed by atoms with Crippen molar-refractivity contribution in [3.05, 3.63) is 71.7 Å². The summed E-state index contributed by atoms with van der Waals surface area (Å²) in [7, 11) is 0. The number of para-hydroxylation sites is 2. The van der Waals surface area contributed by atoms with E-state index in [4.69, 9.17) is 4.74 Å². The number of ether oxygens (including phenoxy) is 1. The van der Waals surface area contributed by atoms with Crippen molar-refractivity contribution in [2.45, 2.75) is 20.8 Å². The summed E-state index contributed by atoms with van der Waals surface area (Å²) in [5, 5.41) is 5.95. The van der Waals surface area contributed by atoms with Gasteiger partial charge in [0, 0.05) is 17.3 Å². The van der Waals surface area contributed by atoms with Gasteiger partial charge in [0.15, 0.2) is 5.78 Å². The van der Waals surface area contributed by atoms with Gasteiger partial charge < -0.3 is 15.4 Å². The van der Waals surface area contributed by atoms with Gasteiger partial charge in [-0.2, -0.15) is 0 Å². The van der Waals surface area contributed by atoms with Crippen molar-refractivity contribution >= 4 is 28.9 Å². The van der Waals surface area contributed by atoms with Crippen LogP contribution in [0.4, 0.5) is 17.2 Å². The molecule has 2 N–H and O–H groups in total. The monoisotopic (exact) mass is 390 g/mol. The fourth-order valence-electron chi connectivity index (χ4n) is 2.75. The summed E-state index contributed by atoms with van der Waals surface area (Å²) in [5.74, 6) is 1.10. The Morgan fingerprint density at radius 2 is 1.83 bits per heavy atom. The highest BCUT2D eigenvalue weighted by Crippen LogP contribution is 2.24. The zero-order valence-electron chi connectivity index (χ0n) is 16.5. The fourth-order valence-corrected chi connectivity index (χ4v) is 2.75. The highest BCUT2D eigenvalue weighted by Gasteiger charge is 2.13. The molecule has 0 aliphatic rings. The fraction of sp³-hybridized carbons (Fsp3) is 0.182. The number of hydrogen-bond donors (Lipinski definition) is 2. The number of anilines is 3. The number of carbonyl (C=O) groups is 2. The molecule has 0 aliphatic heterocycles. The van der Waals surface area contributed by atoms with Crippen molar-refractivity contribution in [2.75, 3.05) is 17.2 Å². The molecule has 1 amide bonds. The van der Waals surface area contributed by atoms with Crippen LogP contribution in [-0.2, 0) is 0 Å². The molecular weight excluding hydrogens is 368 g/mol. The van der Waals surface area contributed by atoms with Crippen molar-refractivity contribution in [1.82, 2.24) is 9.97 Å². The summed E-state index contributed by atoms with van der Waals surface area (Å²) in [5.41, 5.74) is 2.07. The van der Waals surface area contributed by atoms with Gasteiger partial charge in [-0.05, 0) is 45.0 Å². The number of nitrogens with zero attached hydrogens (tertiary/aromatic N) is 2. The molecular formula is C22H22N4O3. The van der Waals surface area contributed by atoms with E-state index in [0.717, 1.165) is 0 Å². The second kappa shape index (κ2) is 8.97. The Morgan fingerprint density at radius 3 is 2.59 bits per heavy atom. The van der Waals surface area contributed by atoms with Crippen LogP contribution >= 0.6 is 0 Å². The molecule has 1 aromatic heterocycles. The van der Waals surface area contributed by atoms with Crippen molar-refractivity contribution in [1.29, 1.82) is 0 Å². The first kappa shape index (κ1) is 20.0. The zero-order valence-corrected chi connectivity index (χ0v) is 16.5. The Hall–Kier alpha value is -3.74. The van der Waals surface area contributed by atoms with Gasteiger partial charge in [0.25, 0.3) is 5.91 Å². The lowest BCUT2D eigenvalue weighted by Gasteiger charge is -2.12. The summed E-state index contributed by atoms with van der Waals surface area (Å²) in [6.45, 7) is 5.59. The Bertz CT molecular complexity index is 1050. The molecule has 0 radical (unpaired) electrons. The maximum absolute atomic E-state index is 12.7. The third kappa shape index (κ3) is 5.16. The lowest BCUT2D eigenvalue weighted by molar-refractivity contribution is 0.101. The zero-order chi connectivity index (χ0) is 20.8. The molecule has 7 nitrogen and oxygen atoms in total. The molecule has 2 aromatic carbocycles. The predicted octanol–water partition coefficient (Wildman–Crippen LogP) is 4.38. The predicted molar refractivity (Wildman–Crippen MR) is 112 cm³/mol. The Labute approximate surface area is 169 Å². The number of benzene rings is 2. The van der Waals surface area contributed by atoms with Crippen LogP contribution < -0.4 is 15.4 Å². The van der Waals surface area contributed by atoms with Crippen LogP contribution in [0, 0.1) is 6.92 Å². The van der Waals surface area contributed by atoms with Crippen LogP contribution in [-0.4, -0.2) is 28.3 Å². The van der Waals surface area contributed by atoms with Crippen LogP contribution in [0.3, 0.4) is 0 Å². The number of aryl methyl sites for hydroxylation is 1. The van der Waals surface area contributed by atoms with Gasteiger partial charge in [0.2, 0.25) is 0 Å². The second-order valence-electron chi connectivity index (χ2n) is 6.33. The number of rotatable bonds is 7.